The van der Waals surface area contributed by atoms with Gasteiger partial charge < -0.3 is 10.6 Å². The van der Waals surface area contributed by atoms with Gasteiger partial charge in [-0.15, -0.1) is 0 Å². The van der Waals surface area contributed by atoms with Crippen LogP contribution in [0.25, 0.3) is 0 Å². The van der Waals surface area contributed by atoms with E-state index in [0.717, 1.165) is 11.4 Å². The predicted molar refractivity (Wildman–Crippen MR) is 111 cm³/mol. The van der Waals surface area contributed by atoms with Crippen molar-refractivity contribution in [1.82, 2.24) is 0 Å². The van der Waals surface area contributed by atoms with Crippen LogP contribution < -0.4 is 10.6 Å². The Bertz CT molecular complexity index is 696. The Morgan fingerprint density at radius 2 is 1.38 bits per heavy atom. The van der Waals surface area contributed by atoms with Crippen molar-refractivity contribution in [2.75, 3.05) is 10.6 Å². The number of thiocarbonyl (C=S) groups is 1. The van der Waals surface area contributed by atoms with Gasteiger partial charge in [-0.3, -0.25) is 0 Å². The molecule has 0 aliphatic carbocycles. The van der Waals surface area contributed by atoms with E-state index >= 15 is 0 Å². The van der Waals surface area contributed by atoms with Gasteiger partial charge >= 0.3 is 0 Å². The second kappa shape index (κ2) is 8.19. The van der Waals surface area contributed by atoms with E-state index in [0.29, 0.717) is 27.0 Å². The lowest BCUT2D eigenvalue weighted by molar-refractivity contribution is 0.839. The standard InChI is InChI=1S/C19H22Cl2N2S/c1-11(2)16-6-5-7-17(12(3)4)18(16)23-19(24)22-15-9-13(20)8-14(21)10-15/h5-12H,1-4H3,(H2,22,23,24). The summed E-state index contributed by atoms with van der Waals surface area (Å²) in [6.07, 6.45) is 0. The molecular formula is C19H22Cl2N2S. The molecule has 5 heteroatoms. The lowest BCUT2D eigenvalue weighted by atomic mass is 9.93. The third kappa shape index (κ3) is 4.85. The lowest BCUT2D eigenvalue weighted by Crippen LogP contribution is -2.21. The van der Waals surface area contributed by atoms with Crippen molar-refractivity contribution in [3.63, 3.8) is 0 Å². The van der Waals surface area contributed by atoms with Crippen molar-refractivity contribution >= 4 is 51.9 Å². The Labute approximate surface area is 159 Å². The maximum Gasteiger partial charge on any atom is 0.175 e. The first kappa shape index (κ1) is 19.0. The first-order valence-electron chi connectivity index (χ1n) is 7.94. The van der Waals surface area contributed by atoms with Crippen LogP contribution >= 0.6 is 35.4 Å². The molecule has 0 aromatic heterocycles. The Kier molecular flexibility index (Phi) is 6.50. The molecule has 2 aromatic rings. The van der Waals surface area contributed by atoms with Gasteiger partial charge in [-0.05, 0) is 53.4 Å². The molecule has 24 heavy (non-hydrogen) atoms. The topological polar surface area (TPSA) is 24.1 Å². The zero-order valence-electron chi connectivity index (χ0n) is 14.3. The highest BCUT2D eigenvalue weighted by atomic mass is 35.5. The molecule has 0 unspecified atom stereocenters. The summed E-state index contributed by atoms with van der Waals surface area (Å²) in [6.45, 7) is 8.71. The van der Waals surface area contributed by atoms with Crippen LogP contribution in [0.5, 0.6) is 0 Å². The molecule has 0 amide bonds. The maximum absolute atomic E-state index is 6.04. The summed E-state index contributed by atoms with van der Waals surface area (Å²) < 4.78 is 0. The molecule has 2 aromatic carbocycles. The van der Waals surface area contributed by atoms with Crippen molar-refractivity contribution in [1.29, 1.82) is 0 Å². The van der Waals surface area contributed by atoms with Crippen molar-refractivity contribution < 1.29 is 0 Å². The highest BCUT2D eigenvalue weighted by Crippen LogP contribution is 2.32. The number of benzene rings is 2. The van der Waals surface area contributed by atoms with E-state index in [1.165, 1.54) is 11.1 Å². The van der Waals surface area contributed by atoms with E-state index in [1.807, 2.05) is 0 Å². The van der Waals surface area contributed by atoms with E-state index in [-0.39, 0.29) is 0 Å². The predicted octanol–water partition coefficient (Wildman–Crippen LogP) is 7.05. The molecular weight excluding hydrogens is 359 g/mol. The third-order valence-corrected chi connectivity index (χ3v) is 4.37. The van der Waals surface area contributed by atoms with Crippen LogP contribution in [0.3, 0.4) is 0 Å². The first-order valence-corrected chi connectivity index (χ1v) is 9.11. The lowest BCUT2D eigenvalue weighted by Gasteiger charge is -2.21. The molecule has 0 bridgehead atoms. The molecule has 2 N–H and O–H groups in total. The summed E-state index contributed by atoms with van der Waals surface area (Å²) in [6, 6.07) is 11.6. The van der Waals surface area contributed by atoms with Crippen LogP contribution in [0.15, 0.2) is 36.4 Å². The molecule has 0 atom stereocenters. The molecule has 128 valence electrons. The quantitative estimate of drug-likeness (QED) is 0.555. The van der Waals surface area contributed by atoms with Gasteiger partial charge in [0.1, 0.15) is 0 Å². The molecule has 0 saturated heterocycles. The Balaban J connectivity index is 2.28. The number of hydrogen-bond acceptors (Lipinski definition) is 1. The third-order valence-electron chi connectivity index (χ3n) is 3.73. The number of hydrogen-bond donors (Lipinski definition) is 2. The smallest absolute Gasteiger partial charge is 0.175 e. The Hall–Kier alpha value is -1.29. The highest BCUT2D eigenvalue weighted by Gasteiger charge is 2.14. The zero-order valence-corrected chi connectivity index (χ0v) is 16.6. The van der Waals surface area contributed by atoms with Crippen molar-refractivity contribution in [2.45, 2.75) is 39.5 Å². The largest absolute Gasteiger partial charge is 0.332 e. The van der Waals surface area contributed by atoms with E-state index in [9.17, 15) is 0 Å². The van der Waals surface area contributed by atoms with Gasteiger partial charge in [0, 0.05) is 21.4 Å². The van der Waals surface area contributed by atoms with Crippen LogP contribution in [0.1, 0.15) is 50.7 Å². The van der Waals surface area contributed by atoms with E-state index < -0.39 is 0 Å². The van der Waals surface area contributed by atoms with Gasteiger partial charge in [0.05, 0.1) is 0 Å². The van der Waals surface area contributed by atoms with E-state index in [1.54, 1.807) is 18.2 Å². The second-order valence-corrected chi connectivity index (χ2v) is 7.64. The molecule has 0 aliphatic rings. The summed E-state index contributed by atoms with van der Waals surface area (Å²) in [5.41, 5.74) is 4.33. The minimum absolute atomic E-state index is 0.398. The fourth-order valence-corrected chi connectivity index (χ4v) is 3.34. The highest BCUT2D eigenvalue weighted by molar-refractivity contribution is 7.80. The zero-order chi connectivity index (χ0) is 17.9. The average molecular weight is 381 g/mol. The first-order chi connectivity index (χ1) is 11.3. The Morgan fingerprint density at radius 1 is 0.875 bits per heavy atom. The number of halogens is 2. The minimum Gasteiger partial charge on any atom is -0.332 e. The number of anilines is 2. The minimum atomic E-state index is 0.398. The second-order valence-electron chi connectivity index (χ2n) is 6.36. The molecule has 0 saturated carbocycles. The van der Waals surface area contributed by atoms with Crippen LogP contribution in [0, 0.1) is 0 Å². The van der Waals surface area contributed by atoms with Gasteiger partial charge in [0.25, 0.3) is 0 Å². The van der Waals surface area contributed by atoms with Crippen LogP contribution in [-0.4, -0.2) is 5.11 Å². The number of rotatable bonds is 4. The molecule has 0 aliphatic heterocycles. The summed E-state index contributed by atoms with van der Waals surface area (Å²) in [5.74, 6) is 0.796. The van der Waals surface area contributed by atoms with Gasteiger partial charge in [-0.1, -0.05) is 69.1 Å². The molecule has 0 spiro atoms. The van der Waals surface area contributed by atoms with Gasteiger partial charge in [-0.25, -0.2) is 0 Å². The maximum atomic E-state index is 6.04. The Morgan fingerprint density at radius 3 is 1.83 bits per heavy atom. The molecule has 0 fully saturated rings. The molecule has 2 nitrogen and oxygen atoms in total. The molecule has 0 heterocycles. The SMILES string of the molecule is CC(C)c1cccc(C(C)C)c1NC(=S)Nc1cc(Cl)cc(Cl)c1. The fourth-order valence-electron chi connectivity index (χ4n) is 2.60. The summed E-state index contributed by atoms with van der Waals surface area (Å²) in [5, 5.41) is 8.17. The van der Waals surface area contributed by atoms with Crippen LogP contribution in [0.4, 0.5) is 11.4 Å². The summed E-state index contributed by atoms with van der Waals surface area (Å²) in [7, 11) is 0. The van der Waals surface area contributed by atoms with Crippen LogP contribution in [-0.2, 0) is 0 Å². The van der Waals surface area contributed by atoms with E-state index in [4.69, 9.17) is 35.4 Å². The summed E-state index contributed by atoms with van der Waals surface area (Å²) >= 11 is 17.6. The number of nitrogens with one attached hydrogen (secondary N) is 2. The van der Waals surface area contributed by atoms with Gasteiger partial charge in [0.15, 0.2) is 5.11 Å². The van der Waals surface area contributed by atoms with Gasteiger partial charge in [-0.2, -0.15) is 0 Å². The van der Waals surface area contributed by atoms with Crippen molar-refractivity contribution in [2.24, 2.45) is 0 Å². The van der Waals surface area contributed by atoms with Gasteiger partial charge in [0.2, 0.25) is 0 Å². The normalized spacial score (nSPS) is 11.0. The van der Waals surface area contributed by atoms with E-state index in [2.05, 4.69) is 56.5 Å². The monoisotopic (exact) mass is 380 g/mol. The number of para-hydroxylation sites is 1. The summed E-state index contributed by atoms with van der Waals surface area (Å²) in [4.78, 5) is 0. The van der Waals surface area contributed by atoms with Crippen LogP contribution in [0.2, 0.25) is 10.0 Å². The fraction of sp³-hybridized carbons (Fsp3) is 0.316. The van der Waals surface area contributed by atoms with Crippen molar-refractivity contribution in [3.8, 4) is 0 Å². The van der Waals surface area contributed by atoms with Crippen molar-refractivity contribution in [3.05, 3.63) is 57.6 Å². The average Bonchev–Trinajstić information content (AvgIpc) is 2.45. The molecule has 2 rings (SSSR count). The molecule has 0 radical (unpaired) electrons.